The number of hydrogen-bond acceptors (Lipinski definition) is 6. The van der Waals surface area contributed by atoms with Crippen LogP contribution in [-0.2, 0) is 20.9 Å². The standard InChI is InChI=1S/C16H14N2O6/c1-24-15(22)13(20)7-12(19)11-9-18(16(23)17-14(11)21)8-10-5-3-2-4-6-10/h2-7,9,19H,8H2,1H3,(H,17,21,23)/b12-7-. The summed E-state index contributed by atoms with van der Waals surface area (Å²) in [5, 5.41) is 9.89. The summed E-state index contributed by atoms with van der Waals surface area (Å²) in [6.45, 7) is 0.154. The molecule has 0 aliphatic carbocycles. The van der Waals surface area contributed by atoms with Crippen molar-refractivity contribution in [1.82, 2.24) is 9.55 Å². The Balaban J connectivity index is 2.41. The minimum Gasteiger partial charge on any atom is -0.507 e. The molecule has 1 aromatic heterocycles. The second-order valence-corrected chi connectivity index (χ2v) is 4.80. The third-order valence-electron chi connectivity index (χ3n) is 3.14. The van der Waals surface area contributed by atoms with Crippen LogP contribution in [0.2, 0.25) is 0 Å². The first kappa shape index (κ1) is 16.9. The smallest absolute Gasteiger partial charge is 0.378 e. The van der Waals surface area contributed by atoms with Crippen molar-refractivity contribution in [3.8, 4) is 0 Å². The number of benzene rings is 1. The van der Waals surface area contributed by atoms with Gasteiger partial charge in [0.05, 0.1) is 19.2 Å². The van der Waals surface area contributed by atoms with Crippen molar-refractivity contribution in [2.24, 2.45) is 0 Å². The Morgan fingerprint density at radius 3 is 2.54 bits per heavy atom. The van der Waals surface area contributed by atoms with Gasteiger partial charge in [-0.25, -0.2) is 9.59 Å². The average molecular weight is 330 g/mol. The van der Waals surface area contributed by atoms with E-state index in [1.165, 1.54) is 4.57 Å². The molecule has 0 bridgehead atoms. The van der Waals surface area contributed by atoms with E-state index in [-0.39, 0.29) is 12.1 Å². The molecule has 0 unspecified atom stereocenters. The number of rotatable bonds is 5. The van der Waals surface area contributed by atoms with E-state index in [4.69, 9.17) is 0 Å². The number of aliphatic hydroxyl groups is 1. The van der Waals surface area contributed by atoms with Crippen molar-refractivity contribution in [1.29, 1.82) is 0 Å². The summed E-state index contributed by atoms with van der Waals surface area (Å²) in [5.74, 6) is -3.06. The number of aromatic nitrogens is 2. The fraction of sp³-hybridized carbons (Fsp3) is 0.125. The van der Waals surface area contributed by atoms with Gasteiger partial charge in [-0.3, -0.25) is 19.1 Å². The first-order valence-electron chi connectivity index (χ1n) is 6.83. The Hall–Kier alpha value is -3.42. The van der Waals surface area contributed by atoms with Gasteiger partial charge in [-0.05, 0) is 5.56 Å². The molecule has 0 atom stereocenters. The van der Waals surface area contributed by atoms with Crippen LogP contribution in [0.1, 0.15) is 11.1 Å². The lowest BCUT2D eigenvalue weighted by Crippen LogP contribution is -2.32. The predicted octanol–water partition coefficient (Wildman–Crippen LogP) is 0.226. The number of ketones is 1. The van der Waals surface area contributed by atoms with Gasteiger partial charge in [-0.1, -0.05) is 30.3 Å². The summed E-state index contributed by atoms with van der Waals surface area (Å²) in [4.78, 5) is 48.2. The van der Waals surface area contributed by atoms with E-state index in [1.807, 2.05) is 11.1 Å². The quantitative estimate of drug-likeness (QED) is 0.350. The van der Waals surface area contributed by atoms with E-state index in [9.17, 15) is 24.3 Å². The third-order valence-corrected chi connectivity index (χ3v) is 3.14. The molecule has 8 nitrogen and oxygen atoms in total. The molecule has 2 aromatic rings. The summed E-state index contributed by atoms with van der Waals surface area (Å²) in [6, 6.07) is 8.97. The normalized spacial score (nSPS) is 11.1. The van der Waals surface area contributed by atoms with Crippen molar-refractivity contribution in [2.75, 3.05) is 7.11 Å². The number of H-pyrrole nitrogens is 1. The van der Waals surface area contributed by atoms with Crippen molar-refractivity contribution in [3.05, 3.63) is 74.6 Å². The van der Waals surface area contributed by atoms with Crippen LogP contribution in [0, 0.1) is 0 Å². The summed E-state index contributed by atoms with van der Waals surface area (Å²) in [6.07, 6.45) is 1.68. The fourth-order valence-electron chi connectivity index (χ4n) is 1.95. The molecular weight excluding hydrogens is 316 g/mol. The molecular formula is C16H14N2O6. The molecule has 0 aliphatic heterocycles. The second kappa shape index (κ2) is 7.23. The van der Waals surface area contributed by atoms with Crippen LogP contribution in [0.15, 0.2) is 52.2 Å². The highest BCUT2D eigenvalue weighted by Gasteiger charge is 2.15. The van der Waals surface area contributed by atoms with Gasteiger partial charge in [-0.15, -0.1) is 0 Å². The van der Waals surface area contributed by atoms with Crippen LogP contribution in [-0.4, -0.2) is 33.5 Å². The number of esters is 1. The van der Waals surface area contributed by atoms with Gasteiger partial charge in [0, 0.05) is 12.3 Å². The van der Waals surface area contributed by atoms with E-state index in [1.54, 1.807) is 24.3 Å². The SMILES string of the molecule is COC(=O)C(=O)/C=C(\O)c1cn(Cc2ccccc2)c(=O)[nH]c1=O. The van der Waals surface area contributed by atoms with Crippen molar-refractivity contribution in [3.63, 3.8) is 0 Å². The molecule has 8 heteroatoms. The van der Waals surface area contributed by atoms with E-state index >= 15 is 0 Å². The topological polar surface area (TPSA) is 118 Å². The average Bonchev–Trinajstić information content (AvgIpc) is 2.57. The lowest BCUT2D eigenvalue weighted by Gasteiger charge is -2.07. The van der Waals surface area contributed by atoms with Gasteiger partial charge in [0.25, 0.3) is 11.3 Å². The van der Waals surface area contributed by atoms with Crippen molar-refractivity contribution >= 4 is 17.5 Å². The van der Waals surface area contributed by atoms with E-state index < -0.39 is 28.8 Å². The van der Waals surface area contributed by atoms with Crippen LogP contribution in [0.3, 0.4) is 0 Å². The van der Waals surface area contributed by atoms with Crippen LogP contribution >= 0.6 is 0 Å². The maximum absolute atomic E-state index is 11.9. The van der Waals surface area contributed by atoms with Crippen molar-refractivity contribution < 1.29 is 19.4 Å². The lowest BCUT2D eigenvalue weighted by atomic mass is 10.2. The zero-order chi connectivity index (χ0) is 17.7. The van der Waals surface area contributed by atoms with Crippen LogP contribution in [0.5, 0.6) is 0 Å². The monoisotopic (exact) mass is 330 g/mol. The molecule has 0 saturated heterocycles. The lowest BCUT2D eigenvalue weighted by molar-refractivity contribution is -0.149. The van der Waals surface area contributed by atoms with Crippen LogP contribution in [0.25, 0.3) is 5.76 Å². The van der Waals surface area contributed by atoms with Gasteiger partial charge in [0.15, 0.2) is 0 Å². The molecule has 124 valence electrons. The molecule has 0 amide bonds. The highest BCUT2D eigenvalue weighted by molar-refractivity contribution is 6.39. The number of ether oxygens (including phenoxy) is 1. The Labute approximate surface area is 135 Å². The Kier molecular flexibility index (Phi) is 5.10. The van der Waals surface area contributed by atoms with Gasteiger partial charge in [0.2, 0.25) is 0 Å². The molecule has 24 heavy (non-hydrogen) atoms. The fourth-order valence-corrected chi connectivity index (χ4v) is 1.95. The summed E-state index contributed by atoms with van der Waals surface area (Å²) in [5.41, 5.74) is -1.06. The zero-order valence-electron chi connectivity index (χ0n) is 12.7. The molecule has 1 heterocycles. The van der Waals surface area contributed by atoms with E-state index in [0.29, 0.717) is 6.08 Å². The zero-order valence-corrected chi connectivity index (χ0v) is 12.7. The van der Waals surface area contributed by atoms with E-state index in [2.05, 4.69) is 4.74 Å². The van der Waals surface area contributed by atoms with Gasteiger partial charge < -0.3 is 9.84 Å². The number of aliphatic hydroxyl groups excluding tert-OH is 1. The van der Waals surface area contributed by atoms with Crippen molar-refractivity contribution in [2.45, 2.75) is 6.54 Å². The number of hydrogen-bond donors (Lipinski definition) is 2. The van der Waals surface area contributed by atoms with E-state index in [0.717, 1.165) is 18.9 Å². The molecule has 0 saturated carbocycles. The first-order valence-corrected chi connectivity index (χ1v) is 6.83. The number of methoxy groups -OCH3 is 1. The predicted molar refractivity (Wildman–Crippen MR) is 84.5 cm³/mol. The van der Waals surface area contributed by atoms with Crippen LogP contribution in [0.4, 0.5) is 0 Å². The molecule has 2 rings (SSSR count). The van der Waals surface area contributed by atoms with Crippen LogP contribution < -0.4 is 11.2 Å². The largest absolute Gasteiger partial charge is 0.507 e. The number of nitrogens with zero attached hydrogens (tertiary/aromatic N) is 1. The second-order valence-electron chi connectivity index (χ2n) is 4.80. The molecule has 2 N–H and O–H groups in total. The summed E-state index contributed by atoms with van der Waals surface area (Å²) >= 11 is 0. The number of carbonyl (C=O) groups excluding carboxylic acids is 2. The highest BCUT2D eigenvalue weighted by Crippen LogP contribution is 2.06. The molecule has 0 spiro atoms. The molecule has 0 fully saturated rings. The highest BCUT2D eigenvalue weighted by atomic mass is 16.5. The Bertz CT molecular complexity index is 908. The first-order chi connectivity index (χ1) is 11.4. The minimum absolute atomic E-state index is 0.154. The maximum Gasteiger partial charge on any atom is 0.378 e. The molecule has 1 aromatic carbocycles. The third kappa shape index (κ3) is 3.86. The molecule has 0 radical (unpaired) electrons. The van der Waals surface area contributed by atoms with Gasteiger partial charge >= 0.3 is 11.7 Å². The number of nitrogens with one attached hydrogen (secondary N) is 1. The van der Waals surface area contributed by atoms with Gasteiger partial charge in [-0.2, -0.15) is 0 Å². The summed E-state index contributed by atoms with van der Waals surface area (Å²) < 4.78 is 5.38. The minimum atomic E-state index is -1.18. The molecule has 0 aliphatic rings. The van der Waals surface area contributed by atoms with Gasteiger partial charge in [0.1, 0.15) is 5.76 Å². The Morgan fingerprint density at radius 2 is 1.92 bits per heavy atom. The Morgan fingerprint density at radius 1 is 1.25 bits per heavy atom. The summed E-state index contributed by atoms with van der Waals surface area (Å²) in [7, 11) is 1.01. The maximum atomic E-state index is 11.9. The number of carbonyl (C=O) groups is 2. The number of aromatic amines is 1.